The Morgan fingerprint density at radius 2 is 1.76 bits per heavy atom. The lowest BCUT2D eigenvalue weighted by molar-refractivity contribution is 0.101. The number of allylic oxidation sites excluding steroid dienone is 1. The zero-order valence-electron chi connectivity index (χ0n) is 20.9. The molecular formula is C30H31Cl2NO4. The summed E-state index contributed by atoms with van der Waals surface area (Å²) in [6, 6.07) is 17.9. The summed E-state index contributed by atoms with van der Waals surface area (Å²) < 4.78 is 11.7. The van der Waals surface area contributed by atoms with E-state index in [2.05, 4.69) is 11.9 Å². The van der Waals surface area contributed by atoms with Gasteiger partial charge in [-0.2, -0.15) is 0 Å². The fraction of sp³-hybridized carbons (Fsp3) is 0.300. The molecule has 5 nitrogen and oxygen atoms in total. The number of fused-ring (bicyclic) bond motifs is 1. The summed E-state index contributed by atoms with van der Waals surface area (Å²) in [7, 11) is 2.11. The van der Waals surface area contributed by atoms with E-state index in [0.29, 0.717) is 39.5 Å². The lowest BCUT2D eigenvalue weighted by atomic mass is 10.1. The number of rotatable bonds is 12. The lowest BCUT2D eigenvalue weighted by Crippen LogP contribution is -2.18. The number of phenolic OH excluding ortho intramolecular Hbond substituents is 1. The molecule has 0 aliphatic carbocycles. The molecule has 0 saturated carbocycles. The number of Topliss-reactive ketones (excluding diaryl/α,β-unsaturated/α-hetero) is 1. The highest BCUT2D eigenvalue weighted by atomic mass is 35.5. The van der Waals surface area contributed by atoms with Crippen molar-refractivity contribution in [2.45, 2.75) is 38.6 Å². The fourth-order valence-electron chi connectivity index (χ4n) is 4.26. The van der Waals surface area contributed by atoms with Gasteiger partial charge >= 0.3 is 0 Å². The van der Waals surface area contributed by atoms with E-state index in [0.717, 1.165) is 49.9 Å². The Morgan fingerprint density at radius 3 is 2.57 bits per heavy atom. The molecule has 0 amide bonds. The third-order valence-electron chi connectivity index (χ3n) is 6.20. The average Bonchev–Trinajstić information content (AvgIpc) is 3.17. The number of phenols is 1. The highest BCUT2D eigenvalue weighted by Gasteiger charge is 2.27. The summed E-state index contributed by atoms with van der Waals surface area (Å²) in [5, 5.41) is 10.5. The van der Waals surface area contributed by atoms with Crippen molar-refractivity contribution in [3.63, 3.8) is 0 Å². The van der Waals surface area contributed by atoms with Gasteiger partial charge in [-0.3, -0.25) is 4.79 Å². The normalized spacial score (nSPS) is 13.7. The molecule has 194 valence electrons. The Morgan fingerprint density at radius 1 is 0.946 bits per heavy atom. The minimum absolute atomic E-state index is 0.166. The van der Waals surface area contributed by atoms with Gasteiger partial charge in [0.05, 0.1) is 22.2 Å². The minimum Gasteiger partial charge on any atom is -0.508 e. The molecule has 3 aromatic carbocycles. The quantitative estimate of drug-likeness (QED) is 0.188. The predicted octanol–water partition coefficient (Wildman–Crippen LogP) is 7.78. The van der Waals surface area contributed by atoms with Crippen molar-refractivity contribution in [3.8, 4) is 17.2 Å². The minimum atomic E-state index is -0.166. The molecule has 0 spiro atoms. The number of aromatic hydroxyl groups is 1. The molecule has 3 aromatic rings. The first-order valence-corrected chi connectivity index (χ1v) is 13.3. The van der Waals surface area contributed by atoms with Crippen LogP contribution in [0.2, 0.25) is 10.0 Å². The monoisotopic (exact) mass is 539 g/mol. The summed E-state index contributed by atoms with van der Waals surface area (Å²) >= 11 is 12.0. The van der Waals surface area contributed by atoms with Crippen molar-refractivity contribution < 1.29 is 19.4 Å². The van der Waals surface area contributed by atoms with Crippen LogP contribution >= 0.6 is 23.2 Å². The highest BCUT2D eigenvalue weighted by molar-refractivity contribution is 6.42. The molecule has 4 rings (SSSR count). The number of halogens is 2. The molecule has 0 saturated heterocycles. The van der Waals surface area contributed by atoms with Crippen LogP contribution in [0.1, 0.15) is 53.6 Å². The van der Waals surface area contributed by atoms with E-state index in [9.17, 15) is 9.90 Å². The van der Waals surface area contributed by atoms with Crippen LogP contribution in [0.5, 0.6) is 17.2 Å². The Bertz CT molecular complexity index is 1270. The van der Waals surface area contributed by atoms with Gasteiger partial charge in [-0.05, 0) is 80.0 Å². The van der Waals surface area contributed by atoms with Gasteiger partial charge in [0.1, 0.15) is 17.2 Å². The highest BCUT2D eigenvalue weighted by Crippen LogP contribution is 2.35. The van der Waals surface area contributed by atoms with Gasteiger partial charge in [0.25, 0.3) is 0 Å². The van der Waals surface area contributed by atoms with Gasteiger partial charge in [-0.15, -0.1) is 0 Å². The maximum absolute atomic E-state index is 12.7. The number of unbranched alkanes of at least 4 members (excludes halogenated alkanes) is 4. The first-order chi connectivity index (χ1) is 17.9. The van der Waals surface area contributed by atoms with Crippen LogP contribution in [0.3, 0.4) is 0 Å². The van der Waals surface area contributed by atoms with Gasteiger partial charge < -0.3 is 19.5 Å². The second-order valence-electron chi connectivity index (χ2n) is 9.30. The molecule has 0 radical (unpaired) electrons. The molecule has 0 bridgehead atoms. The Kier molecular flexibility index (Phi) is 9.51. The van der Waals surface area contributed by atoms with Gasteiger partial charge in [0, 0.05) is 12.6 Å². The lowest BCUT2D eigenvalue weighted by Gasteiger charge is -2.16. The topological polar surface area (TPSA) is 59.0 Å². The van der Waals surface area contributed by atoms with E-state index in [1.165, 1.54) is 6.42 Å². The zero-order valence-corrected chi connectivity index (χ0v) is 22.4. The second-order valence-corrected chi connectivity index (χ2v) is 10.1. The Hall–Kier alpha value is -2.99. The molecule has 1 aliphatic rings. The average molecular weight is 540 g/mol. The standard InChI is InChI=1S/C30H31Cl2NO4/c1-33(20-22-8-7-9-23(34)16-22)14-5-3-2-4-6-15-36-24-11-12-25-28(19-24)37-29(30(25)35)18-21-10-13-26(31)27(32)17-21/h7-13,16-19,34H,2-6,14-15,20H2,1H3/b29-18-. The van der Waals surface area contributed by atoms with Crippen LogP contribution in [-0.2, 0) is 6.54 Å². The molecule has 1 heterocycles. The third-order valence-corrected chi connectivity index (χ3v) is 6.94. The van der Waals surface area contributed by atoms with E-state index in [-0.39, 0.29) is 11.5 Å². The maximum Gasteiger partial charge on any atom is 0.231 e. The second kappa shape index (κ2) is 13.0. The fourth-order valence-corrected chi connectivity index (χ4v) is 4.57. The number of hydrogen-bond donors (Lipinski definition) is 1. The van der Waals surface area contributed by atoms with Crippen molar-refractivity contribution in [2.75, 3.05) is 20.2 Å². The molecule has 0 fully saturated rings. The summed E-state index contributed by atoms with van der Waals surface area (Å²) in [6.45, 7) is 2.49. The molecule has 7 heteroatoms. The molecule has 1 N–H and O–H groups in total. The van der Waals surface area contributed by atoms with Crippen molar-refractivity contribution >= 4 is 35.1 Å². The van der Waals surface area contributed by atoms with E-state index in [4.69, 9.17) is 32.7 Å². The van der Waals surface area contributed by atoms with Gasteiger partial charge in [0.15, 0.2) is 5.76 Å². The molecule has 0 atom stereocenters. The van der Waals surface area contributed by atoms with E-state index in [1.807, 2.05) is 24.3 Å². The first-order valence-electron chi connectivity index (χ1n) is 12.5. The van der Waals surface area contributed by atoms with Crippen LogP contribution in [0, 0.1) is 0 Å². The van der Waals surface area contributed by atoms with Crippen LogP contribution in [0.15, 0.2) is 66.4 Å². The number of carbonyl (C=O) groups excluding carboxylic acids is 1. The molecular weight excluding hydrogens is 509 g/mol. The van der Waals surface area contributed by atoms with Crippen molar-refractivity contribution in [3.05, 3.63) is 93.2 Å². The van der Waals surface area contributed by atoms with Crippen LogP contribution < -0.4 is 9.47 Å². The first kappa shape index (κ1) is 27.1. The largest absolute Gasteiger partial charge is 0.508 e. The van der Waals surface area contributed by atoms with Crippen LogP contribution in [-0.4, -0.2) is 36.0 Å². The van der Waals surface area contributed by atoms with E-state index < -0.39 is 0 Å². The number of carbonyl (C=O) groups is 1. The summed E-state index contributed by atoms with van der Waals surface area (Å²) in [5.41, 5.74) is 2.39. The number of nitrogens with zero attached hydrogens (tertiary/aromatic N) is 1. The summed E-state index contributed by atoms with van der Waals surface area (Å²) in [4.78, 5) is 15.0. The molecule has 0 aromatic heterocycles. The SMILES string of the molecule is CN(CCCCCCCOc1ccc2c(c1)O/C(=C\c1ccc(Cl)c(Cl)c1)C2=O)Cc1cccc(O)c1. The van der Waals surface area contributed by atoms with Crippen molar-refractivity contribution in [1.29, 1.82) is 0 Å². The van der Waals surface area contributed by atoms with Gasteiger partial charge in [-0.1, -0.05) is 60.7 Å². The Labute approximate surface area is 228 Å². The smallest absolute Gasteiger partial charge is 0.231 e. The number of ketones is 1. The molecule has 0 unspecified atom stereocenters. The van der Waals surface area contributed by atoms with Gasteiger partial charge in [-0.25, -0.2) is 0 Å². The third kappa shape index (κ3) is 7.75. The molecule has 37 heavy (non-hydrogen) atoms. The number of ether oxygens (including phenoxy) is 2. The van der Waals surface area contributed by atoms with Crippen LogP contribution in [0.25, 0.3) is 6.08 Å². The summed E-state index contributed by atoms with van der Waals surface area (Å²) in [5.74, 6) is 1.59. The Balaban J connectivity index is 1.14. The number of benzene rings is 3. The maximum atomic E-state index is 12.7. The van der Waals surface area contributed by atoms with E-state index in [1.54, 1.807) is 42.5 Å². The van der Waals surface area contributed by atoms with Crippen LogP contribution in [0.4, 0.5) is 0 Å². The zero-order chi connectivity index (χ0) is 26.2. The van der Waals surface area contributed by atoms with E-state index >= 15 is 0 Å². The van der Waals surface area contributed by atoms with Crippen molar-refractivity contribution in [1.82, 2.24) is 4.90 Å². The predicted molar refractivity (Wildman–Crippen MR) is 149 cm³/mol. The van der Waals surface area contributed by atoms with Gasteiger partial charge in [0.2, 0.25) is 5.78 Å². The number of hydrogen-bond acceptors (Lipinski definition) is 5. The summed E-state index contributed by atoms with van der Waals surface area (Å²) in [6.07, 6.45) is 7.21. The molecule has 1 aliphatic heterocycles. The van der Waals surface area contributed by atoms with Crippen molar-refractivity contribution in [2.24, 2.45) is 0 Å².